The monoisotopic (exact) mass is 379 g/mol. The molecule has 0 aliphatic carbocycles. The number of rotatable bonds is 5. The van der Waals surface area contributed by atoms with E-state index in [9.17, 15) is 0 Å². The van der Waals surface area contributed by atoms with Crippen LogP contribution in [0.4, 0.5) is 11.5 Å². The van der Waals surface area contributed by atoms with E-state index in [-0.39, 0.29) is 0 Å². The highest BCUT2D eigenvalue weighted by Crippen LogP contribution is 2.28. The summed E-state index contributed by atoms with van der Waals surface area (Å²) >= 11 is 5.97. The molecule has 0 aliphatic heterocycles. The van der Waals surface area contributed by atoms with Gasteiger partial charge in [0.05, 0.1) is 12.3 Å². The first-order chi connectivity index (χ1) is 13.1. The quantitative estimate of drug-likeness (QED) is 0.534. The molecular weight excluding hydrogens is 362 g/mol. The molecule has 4 aromatic rings. The smallest absolute Gasteiger partial charge is 0.254 e. The molecule has 0 saturated carbocycles. The predicted molar refractivity (Wildman–Crippen MR) is 107 cm³/mol. The third-order valence-electron chi connectivity index (χ3n) is 3.99. The second kappa shape index (κ2) is 7.25. The average Bonchev–Trinajstić information content (AvgIpc) is 3.08. The number of halogens is 1. The van der Waals surface area contributed by atoms with E-state index in [0.29, 0.717) is 23.2 Å². The maximum Gasteiger partial charge on any atom is 0.254 e. The lowest BCUT2D eigenvalue weighted by molar-refractivity contribution is 0.342. The maximum atomic E-state index is 5.97. The summed E-state index contributed by atoms with van der Waals surface area (Å²) in [5, 5.41) is 8.68. The number of hydrogen-bond acceptors (Lipinski definition) is 5. The molecule has 0 radical (unpaired) electrons. The van der Waals surface area contributed by atoms with Gasteiger partial charge in [0.1, 0.15) is 11.6 Å². The largest absolute Gasteiger partial charge is 0.492 e. The van der Waals surface area contributed by atoms with E-state index in [4.69, 9.17) is 16.3 Å². The minimum atomic E-state index is 0.524. The molecule has 0 atom stereocenters. The lowest BCUT2D eigenvalue weighted by Crippen LogP contribution is -2.04. The summed E-state index contributed by atoms with van der Waals surface area (Å²) in [5.74, 6) is 2.65. The van der Waals surface area contributed by atoms with Crippen molar-refractivity contribution >= 4 is 28.9 Å². The van der Waals surface area contributed by atoms with Gasteiger partial charge in [0.2, 0.25) is 0 Å². The van der Waals surface area contributed by atoms with Crippen molar-refractivity contribution in [3.63, 3.8) is 0 Å². The Labute approximate surface area is 161 Å². The molecular formula is C20H18ClN5O. The number of para-hydroxylation sites is 2. The zero-order valence-electron chi connectivity index (χ0n) is 15.0. The Morgan fingerprint density at radius 1 is 1.07 bits per heavy atom. The Kier molecular flexibility index (Phi) is 4.64. The highest BCUT2D eigenvalue weighted by Gasteiger charge is 2.13. The molecule has 0 saturated heterocycles. The van der Waals surface area contributed by atoms with Crippen molar-refractivity contribution in [3.05, 3.63) is 65.3 Å². The summed E-state index contributed by atoms with van der Waals surface area (Å²) in [5.41, 5.74) is 2.58. The van der Waals surface area contributed by atoms with Crippen molar-refractivity contribution in [1.82, 2.24) is 19.6 Å². The highest BCUT2D eigenvalue weighted by atomic mass is 35.5. The van der Waals surface area contributed by atoms with Crippen LogP contribution in [-0.2, 0) is 0 Å². The topological polar surface area (TPSA) is 64.3 Å². The van der Waals surface area contributed by atoms with E-state index in [0.717, 1.165) is 28.5 Å². The molecule has 0 aliphatic rings. The summed E-state index contributed by atoms with van der Waals surface area (Å²) in [4.78, 5) is 9.05. The third-order valence-corrected chi connectivity index (χ3v) is 4.24. The number of fused-ring (bicyclic) bond motifs is 1. The van der Waals surface area contributed by atoms with Crippen LogP contribution in [-0.4, -0.2) is 26.2 Å². The van der Waals surface area contributed by atoms with Crippen LogP contribution in [0.15, 0.2) is 54.6 Å². The van der Waals surface area contributed by atoms with Gasteiger partial charge in [-0.15, -0.1) is 5.10 Å². The number of anilines is 2. The minimum Gasteiger partial charge on any atom is -0.492 e. The van der Waals surface area contributed by atoms with Gasteiger partial charge in [-0.1, -0.05) is 23.7 Å². The van der Waals surface area contributed by atoms with E-state index >= 15 is 0 Å². The Balaban J connectivity index is 1.78. The van der Waals surface area contributed by atoms with Crippen molar-refractivity contribution in [2.24, 2.45) is 0 Å². The van der Waals surface area contributed by atoms with Gasteiger partial charge in [-0.3, -0.25) is 0 Å². The van der Waals surface area contributed by atoms with Crippen LogP contribution in [0.1, 0.15) is 12.6 Å². The predicted octanol–water partition coefficient (Wildman–Crippen LogP) is 4.90. The Bertz CT molecular complexity index is 1090. The summed E-state index contributed by atoms with van der Waals surface area (Å²) in [6, 6.07) is 17.1. The fourth-order valence-electron chi connectivity index (χ4n) is 2.79. The van der Waals surface area contributed by atoms with Gasteiger partial charge in [0.25, 0.3) is 5.78 Å². The fraction of sp³-hybridized carbons (Fsp3) is 0.150. The molecule has 7 heteroatoms. The lowest BCUT2D eigenvalue weighted by Gasteiger charge is -2.13. The van der Waals surface area contributed by atoms with Gasteiger partial charge >= 0.3 is 0 Å². The van der Waals surface area contributed by atoms with E-state index < -0.39 is 0 Å². The number of ether oxygens (including phenoxy) is 1. The molecule has 0 bridgehead atoms. The van der Waals surface area contributed by atoms with Crippen LogP contribution in [0.25, 0.3) is 17.2 Å². The Hall–Kier alpha value is -3.12. The molecule has 0 fully saturated rings. The number of nitrogens with zero attached hydrogens (tertiary/aromatic N) is 4. The number of aromatic nitrogens is 4. The maximum absolute atomic E-state index is 5.97. The normalized spacial score (nSPS) is 10.9. The summed E-state index contributed by atoms with van der Waals surface area (Å²) < 4.78 is 7.40. The van der Waals surface area contributed by atoms with Gasteiger partial charge < -0.3 is 10.1 Å². The molecule has 2 aromatic carbocycles. The van der Waals surface area contributed by atoms with Crippen LogP contribution < -0.4 is 10.1 Å². The van der Waals surface area contributed by atoms with Crippen LogP contribution in [0, 0.1) is 6.92 Å². The average molecular weight is 380 g/mol. The summed E-state index contributed by atoms with van der Waals surface area (Å²) in [6.45, 7) is 4.48. The van der Waals surface area contributed by atoms with Crippen LogP contribution in [0.2, 0.25) is 5.02 Å². The number of hydrogen-bond donors (Lipinski definition) is 1. The van der Waals surface area contributed by atoms with Gasteiger partial charge in [-0.05, 0) is 50.2 Å². The van der Waals surface area contributed by atoms with Crippen molar-refractivity contribution in [2.45, 2.75) is 13.8 Å². The number of nitrogens with one attached hydrogen (secondary N) is 1. The molecule has 0 amide bonds. The summed E-state index contributed by atoms with van der Waals surface area (Å²) in [6.07, 6.45) is 0. The molecule has 0 spiro atoms. The molecule has 27 heavy (non-hydrogen) atoms. The van der Waals surface area contributed by atoms with E-state index in [1.807, 2.05) is 68.4 Å². The van der Waals surface area contributed by atoms with Gasteiger partial charge in [-0.2, -0.15) is 9.50 Å². The van der Waals surface area contributed by atoms with Crippen molar-refractivity contribution in [1.29, 1.82) is 0 Å². The van der Waals surface area contributed by atoms with Gasteiger partial charge in [0.15, 0.2) is 5.82 Å². The van der Waals surface area contributed by atoms with Crippen molar-refractivity contribution in [2.75, 3.05) is 11.9 Å². The molecule has 0 unspecified atom stereocenters. The molecule has 2 heterocycles. The fourth-order valence-corrected chi connectivity index (χ4v) is 2.91. The second-order valence-electron chi connectivity index (χ2n) is 5.99. The summed E-state index contributed by atoms with van der Waals surface area (Å²) in [7, 11) is 0. The lowest BCUT2D eigenvalue weighted by atomic mass is 10.2. The third kappa shape index (κ3) is 3.57. The number of aryl methyl sites for hydroxylation is 1. The minimum absolute atomic E-state index is 0.524. The van der Waals surface area contributed by atoms with Gasteiger partial charge in [0, 0.05) is 22.3 Å². The zero-order chi connectivity index (χ0) is 18.8. The first-order valence-corrected chi connectivity index (χ1v) is 9.01. The number of benzene rings is 2. The van der Waals surface area contributed by atoms with Gasteiger partial charge in [-0.25, -0.2) is 4.98 Å². The first-order valence-electron chi connectivity index (χ1n) is 8.63. The molecule has 136 valence electrons. The standard InChI is InChI=1S/C20H18ClN5O/c1-3-27-17-7-5-4-6-16(17)23-18-12-13(2)22-20-24-19(25-26(18)20)14-8-10-15(21)11-9-14/h4-12,23H,3H2,1-2H3. The second-order valence-corrected chi connectivity index (χ2v) is 6.43. The van der Waals surface area contributed by atoms with Crippen LogP contribution in [0.3, 0.4) is 0 Å². The van der Waals surface area contributed by atoms with E-state index in [1.165, 1.54) is 0 Å². The van der Waals surface area contributed by atoms with E-state index in [2.05, 4.69) is 20.4 Å². The highest BCUT2D eigenvalue weighted by molar-refractivity contribution is 6.30. The van der Waals surface area contributed by atoms with Crippen molar-refractivity contribution < 1.29 is 4.74 Å². The molecule has 1 N–H and O–H groups in total. The Morgan fingerprint density at radius 2 is 1.85 bits per heavy atom. The molecule has 4 rings (SSSR count). The molecule has 2 aromatic heterocycles. The van der Waals surface area contributed by atoms with Crippen LogP contribution >= 0.6 is 11.6 Å². The van der Waals surface area contributed by atoms with Crippen molar-refractivity contribution in [3.8, 4) is 17.1 Å². The van der Waals surface area contributed by atoms with Crippen LogP contribution in [0.5, 0.6) is 5.75 Å². The first kappa shape index (κ1) is 17.3. The zero-order valence-corrected chi connectivity index (χ0v) is 15.7. The Morgan fingerprint density at radius 3 is 2.63 bits per heavy atom. The molecule has 6 nitrogen and oxygen atoms in total. The SMILES string of the molecule is CCOc1ccccc1Nc1cc(C)nc2nc(-c3ccc(Cl)cc3)nn12. The van der Waals surface area contributed by atoms with E-state index in [1.54, 1.807) is 4.52 Å².